The maximum absolute atomic E-state index is 12.5. The van der Waals surface area contributed by atoms with Crippen LogP contribution in [-0.4, -0.2) is 94.1 Å². The van der Waals surface area contributed by atoms with Crippen molar-refractivity contribution in [3.63, 3.8) is 0 Å². The number of aromatic amines is 1. The topological polar surface area (TPSA) is 93.5 Å². The van der Waals surface area contributed by atoms with Gasteiger partial charge < -0.3 is 14.9 Å². The van der Waals surface area contributed by atoms with Crippen molar-refractivity contribution in [2.75, 3.05) is 58.3 Å². The first-order valence-electron chi connectivity index (χ1n) is 9.85. The van der Waals surface area contributed by atoms with Gasteiger partial charge in [-0.3, -0.25) is 14.7 Å². The number of rotatable bonds is 6. The zero-order chi connectivity index (χ0) is 20.4. The molecule has 0 amide bonds. The number of β-amino-alcohol motifs (C(OH)–C–C–N with tert-alkyl or cyclic N) is 1. The van der Waals surface area contributed by atoms with Gasteiger partial charge in [0.15, 0.2) is 5.65 Å². The van der Waals surface area contributed by atoms with E-state index < -0.39 is 6.10 Å². The largest absolute Gasteiger partial charge is 0.390 e. The van der Waals surface area contributed by atoms with Crippen LogP contribution in [0.5, 0.6) is 0 Å². The van der Waals surface area contributed by atoms with E-state index >= 15 is 0 Å². The number of likely N-dealkylation sites (N-methyl/N-ethyl adjacent to an activating group) is 2. The van der Waals surface area contributed by atoms with Crippen molar-refractivity contribution >= 4 is 17.0 Å². The number of nitrogens with zero attached hydrogens (tertiary/aromatic N) is 6. The Hall–Kier alpha value is -2.75. The number of fused-ring (bicyclic) bond motifs is 1. The van der Waals surface area contributed by atoms with Gasteiger partial charge in [-0.05, 0) is 19.2 Å². The second kappa shape index (κ2) is 8.32. The minimum absolute atomic E-state index is 0.243. The van der Waals surface area contributed by atoms with Gasteiger partial charge in [0.05, 0.1) is 18.0 Å². The second-order valence-corrected chi connectivity index (χ2v) is 7.66. The highest BCUT2D eigenvalue weighted by Crippen LogP contribution is 2.16. The fraction of sp³-hybridized carbons (Fsp3) is 0.450. The number of hydrogen-bond acceptors (Lipinski definition) is 7. The molecular formula is C20H27N7O2. The predicted molar refractivity (Wildman–Crippen MR) is 113 cm³/mol. The molecule has 1 aromatic carbocycles. The number of aliphatic hydroxyl groups is 1. The highest BCUT2D eigenvalue weighted by molar-refractivity contribution is 5.76. The Labute approximate surface area is 169 Å². The second-order valence-electron chi connectivity index (χ2n) is 7.66. The van der Waals surface area contributed by atoms with E-state index in [4.69, 9.17) is 0 Å². The molecule has 4 rings (SSSR count). The molecular weight excluding hydrogens is 370 g/mol. The first kappa shape index (κ1) is 19.6. The lowest BCUT2D eigenvalue weighted by Gasteiger charge is -2.34. The van der Waals surface area contributed by atoms with Gasteiger partial charge >= 0.3 is 0 Å². The lowest BCUT2D eigenvalue weighted by atomic mass is 10.2. The molecule has 0 saturated carbocycles. The number of hydrogen-bond donors (Lipinski definition) is 2. The Balaban J connectivity index is 1.51. The Bertz CT molecular complexity index is 1010. The van der Waals surface area contributed by atoms with Gasteiger partial charge in [-0.25, -0.2) is 4.68 Å². The van der Waals surface area contributed by atoms with Gasteiger partial charge in [-0.15, -0.1) is 0 Å². The average Bonchev–Trinajstić information content (AvgIpc) is 3.15. The van der Waals surface area contributed by atoms with Crippen LogP contribution in [0.3, 0.4) is 0 Å². The molecule has 154 valence electrons. The normalized spacial score (nSPS) is 16.9. The number of H-pyrrole nitrogens is 1. The summed E-state index contributed by atoms with van der Waals surface area (Å²) < 4.78 is 1.66. The molecule has 29 heavy (non-hydrogen) atoms. The Morgan fingerprint density at radius 3 is 2.66 bits per heavy atom. The average molecular weight is 397 g/mol. The molecule has 0 spiro atoms. The Morgan fingerprint density at radius 2 is 1.93 bits per heavy atom. The van der Waals surface area contributed by atoms with Crippen molar-refractivity contribution in [1.82, 2.24) is 29.5 Å². The van der Waals surface area contributed by atoms with Crippen LogP contribution in [-0.2, 0) is 0 Å². The van der Waals surface area contributed by atoms with E-state index in [9.17, 15) is 9.90 Å². The van der Waals surface area contributed by atoms with E-state index in [2.05, 4.69) is 31.9 Å². The van der Waals surface area contributed by atoms with Crippen molar-refractivity contribution in [2.24, 2.45) is 0 Å². The number of piperazine rings is 1. The molecule has 0 aliphatic carbocycles. The smallest absolute Gasteiger partial charge is 0.263 e. The number of benzene rings is 1. The van der Waals surface area contributed by atoms with Gasteiger partial charge in [0, 0.05) is 46.3 Å². The van der Waals surface area contributed by atoms with Crippen LogP contribution in [0.25, 0.3) is 16.7 Å². The SMILES string of the molecule is CN1CCN(CC(O)CN(C)c2nc3c(cnn3-c3ccccc3)c(=O)[nH]2)CC1. The molecule has 1 unspecified atom stereocenters. The van der Waals surface area contributed by atoms with Crippen LogP contribution in [0.4, 0.5) is 5.95 Å². The summed E-state index contributed by atoms with van der Waals surface area (Å²) in [5.41, 5.74) is 1.09. The molecule has 0 bridgehead atoms. The molecule has 9 nitrogen and oxygen atoms in total. The van der Waals surface area contributed by atoms with E-state index in [-0.39, 0.29) is 5.56 Å². The zero-order valence-corrected chi connectivity index (χ0v) is 16.8. The van der Waals surface area contributed by atoms with Crippen molar-refractivity contribution < 1.29 is 5.11 Å². The fourth-order valence-electron chi connectivity index (χ4n) is 3.63. The van der Waals surface area contributed by atoms with Crippen LogP contribution >= 0.6 is 0 Å². The van der Waals surface area contributed by atoms with Crippen LogP contribution < -0.4 is 10.5 Å². The summed E-state index contributed by atoms with van der Waals surface area (Å²) in [4.78, 5) is 26.3. The van der Waals surface area contributed by atoms with Crippen molar-refractivity contribution in [3.05, 3.63) is 46.9 Å². The number of anilines is 1. The molecule has 1 atom stereocenters. The number of aromatic nitrogens is 4. The molecule has 9 heteroatoms. The van der Waals surface area contributed by atoms with Crippen molar-refractivity contribution in [3.8, 4) is 5.69 Å². The molecule has 1 fully saturated rings. The van der Waals surface area contributed by atoms with Gasteiger partial charge in [0.25, 0.3) is 5.56 Å². The standard InChI is InChI=1S/C20H27N7O2/c1-24-8-10-26(11-9-24)14-16(28)13-25(2)20-22-18-17(19(29)23-20)12-21-27(18)15-6-4-3-5-7-15/h3-7,12,16,28H,8-11,13-14H2,1-2H3,(H,22,23,29). The van der Waals surface area contributed by atoms with Crippen LogP contribution in [0.2, 0.25) is 0 Å². The Kier molecular flexibility index (Phi) is 5.61. The highest BCUT2D eigenvalue weighted by Gasteiger charge is 2.20. The van der Waals surface area contributed by atoms with Gasteiger partial charge in [-0.1, -0.05) is 18.2 Å². The van der Waals surface area contributed by atoms with Gasteiger partial charge in [-0.2, -0.15) is 10.1 Å². The zero-order valence-electron chi connectivity index (χ0n) is 16.8. The first-order valence-corrected chi connectivity index (χ1v) is 9.85. The van der Waals surface area contributed by atoms with E-state index in [0.29, 0.717) is 30.1 Å². The maximum atomic E-state index is 12.5. The third kappa shape index (κ3) is 4.31. The summed E-state index contributed by atoms with van der Waals surface area (Å²) in [6.07, 6.45) is 0.989. The molecule has 1 aliphatic rings. The lowest BCUT2D eigenvalue weighted by Crippen LogP contribution is -2.48. The lowest BCUT2D eigenvalue weighted by molar-refractivity contribution is 0.0841. The predicted octanol–water partition coefficient (Wildman–Crippen LogP) is 0.153. The molecule has 2 N–H and O–H groups in total. The molecule has 3 aromatic rings. The monoisotopic (exact) mass is 397 g/mol. The minimum Gasteiger partial charge on any atom is -0.390 e. The van der Waals surface area contributed by atoms with Crippen LogP contribution in [0.1, 0.15) is 0 Å². The van der Waals surface area contributed by atoms with E-state index in [1.165, 1.54) is 6.20 Å². The third-order valence-corrected chi connectivity index (χ3v) is 5.34. The summed E-state index contributed by atoms with van der Waals surface area (Å²) in [6, 6.07) is 9.59. The first-order chi connectivity index (χ1) is 14.0. The summed E-state index contributed by atoms with van der Waals surface area (Å²) in [7, 11) is 3.93. The summed E-state index contributed by atoms with van der Waals surface area (Å²) in [5, 5.41) is 15.3. The third-order valence-electron chi connectivity index (χ3n) is 5.34. The van der Waals surface area contributed by atoms with Crippen molar-refractivity contribution in [2.45, 2.75) is 6.10 Å². The van der Waals surface area contributed by atoms with Crippen LogP contribution in [0, 0.1) is 0 Å². The van der Waals surface area contributed by atoms with Gasteiger partial charge in [0.1, 0.15) is 5.39 Å². The molecule has 0 radical (unpaired) electrons. The van der Waals surface area contributed by atoms with E-state index in [1.807, 2.05) is 37.4 Å². The minimum atomic E-state index is -0.538. The molecule has 3 heterocycles. The number of nitrogens with one attached hydrogen (secondary N) is 1. The van der Waals surface area contributed by atoms with Gasteiger partial charge in [0.2, 0.25) is 5.95 Å². The maximum Gasteiger partial charge on any atom is 0.263 e. The quantitative estimate of drug-likeness (QED) is 0.612. The fourth-order valence-corrected chi connectivity index (χ4v) is 3.63. The van der Waals surface area contributed by atoms with E-state index in [0.717, 1.165) is 31.9 Å². The summed E-state index contributed by atoms with van der Waals surface area (Å²) in [5.74, 6) is 0.414. The highest BCUT2D eigenvalue weighted by atomic mass is 16.3. The van der Waals surface area contributed by atoms with Crippen molar-refractivity contribution in [1.29, 1.82) is 0 Å². The molecule has 1 saturated heterocycles. The van der Waals surface area contributed by atoms with E-state index in [1.54, 1.807) is 9.58 Å². The summed E-state index contributed by atoms with van der Waals surface area (Å²) >= 11 is 0. The molecule has 2 aromatic heterocycles. The number of para-hydroxylation sites is 1. The molecule has 1 aliphatic heterocycles. The number of aliphatic hydroxyl groups excluding tert-OH is 1. The summed E-state index contributed by atoms with van der Waals surface area (Å²) in [6.45, 7) is 4.91. The Morgan fingerprint density at radius 1 is 1.21 bits per heavy atom. The van der Waals surface area contributed by atoms with Crippen LogP contribution in [0.15, 0.2) is 41.3 Å².